The number of rotatable bonds is 4. The molecule has 0 bridgehead atoms. The molecule has 1 aromatic heterocycles. The molecule has 1 aromatic carbocycles. The van der Waals surface area contributed by atoms with Crippen LogP contribution in [0.15, 0.2) is 36.4 Å². The van der Waals surface area contributed by atoms with E-state index in [2.05, 4.69) is 10.4 Å². The third-order valence-electron chi connectivity index (χ3n) is 4.22. The van der Waals surface area contributed by atoms with Gasteiger partial charge in [-0.25, -0.2) is 4.68 Å². The van der Waals surface area contributed by atoms with Gasteiger partial charge in [0.1, 0.15) is 5.82 Å². The molecule has 0 spiro atoms. The zero-order valence-electron chi connectivity index (χ0n) is 15.3. The number of carbonyl (C=O) groups excluding carboxylic acids is 2. The highest BCUT2D eigenvalue weighted by molar-refractivity contribution is 5.95. The highest BCUT2D eigenvalue weighted by Crippen LogP contribution is 2.20. The summed E-state index contributed by atoms with van der Waals surface area (Å²) in [5, 5.41) is 7.28. The number of anilines is 1. The normalized spacial score (nSPS) is 20.0. The molecule has 1 aliphatic rings. The van der Waals surface area contributed by atoms with Gasteiger partial charge in [0.25, 0.3) is 5.91 Å². The van der Waals surface area contributed by atoms with Crippen molar-refractivity contribution in [1.29, 1.82) is 0 Å². The van der Waals surface area contributed by atoms with E-state index < -0.39 is 0 Å². The Morgan fingerprint density at radius 2 is 1.85 bits per heavy atom. The maximum atomic E-state index is 12.9. The summed E-state index contributed by atoms with van der Waals surface area (Å²) in [6, 6.07) is 11.1. The van der Waals surface area contributed by atoms with E-state index in [-0.39, 0.29) is 24.0 Å². The molecule has 0 saturated carbocycles. The number of para-hydroxylation sites is 1. The van der Waals surface area contributed by atoms with Crippen molar-refractivity contribution in [2.45, 2.75) is 39.4 Å². The average Bonchev–Trinajstić information content (AvgIpc) is 3.04. The van der Waals surface area contributed by atoms with Crippen molar-refractivity contribution in [3.63, 3.8) is 0 Å². The molecule has 0 aliphatic carbocycles. The lowest BCUT2D eigenvalue weighted by atomic mass is 10.2. The van der Waals surface area contributed by atoms with Crippen molar-refractivity contribution < 1.29 is 14.3 Å². The SMILES string of the molecule is CCC(=O)Nc1cc(C(=O)N2CC(C)OC(C)C2)nn1-c1ccccc1. The first-order valence-corrected chi connectivity index (χ1v) is 8.88. The maximum absolute atomic E-state index is 12.9. The minimum absolute atomic E-state index is 0.0156. The Kier molecular flexibility index (Phi) is 5.37. The van der Waals surface area contributed by atoms with Crippen LogP contribution in [-0.4, -0.2) is 51.8 Å². The number of nitrogens with zero attached hydrogens (tertiary/aromatic N) is 3. The summed E-state index contributed by atoms with van der Waals surface area (Å²) in [7, 11) is 0. The Morgan fingerprint density at radius 1 is 1.19 bits per heavy atom. The monoisotopic (exact) mass is 356 g/mol. The van der Waals surface area contributed by atoms with Crippen LogP contribution in [0.3, 0.4) is 0 Å². The van der Waals surface area contributed by atoms with Gasteiger partial charge in [0.05, 0.1) is 17.9 Å². The maximum Gasteiger partial charge on any atom is 0.274 e. The van der Waals surface area contributed by atoms with E-state index in [0.717, 1.165) is 5.69 Å². The number of ether oxygens (including phenoxy) is 1. The van der Waals surface area contributed by atoms with Crippen molar-refractivity contribution in [2.75, 3.05) is 18.4 Å². The fourth-order valence-electron chi connectivity index (χ4n) is 3.08. The van der Waals surface area contributed by atoms with E-state index in [0.29, 0.717) is 31.0 Å². The Labute approximate surface area is 152 Å². The predicted molar refractivity (Wildman–Crippen MR) is 98.4 cm³/mol. The summed E-state index contributed by atoms with van der Waals surface area (Å²) in [6.45, 7) is 6.73. The summed E-state index contributed by atoms with van der Waals surface area (Å²) in [5.74, 6) is 0.198. The second-order valence-corrected chi connectivity index (χ2v) is 6.53. The Bertz CT molecular complexity index is 777. The highest BCUT2D eigenvalue weighted by Gasteiger charge is 2.28. The number of benzene rings is 1. The number of amides is 2. The molecule has 1 aliphatic heterocycles. The Hall–Kier alpha value is -2.67. The van der Waals surface area contributed by atoms with Gasteiger partial charge in [-0.3, -0.25) is 9.59 Å². The van der Waals surface area contributed by atoms with E-state index in [1.165, 1.54) is 0 Å². The van der Waals surface area contributed by atoms with Crippen LogP contribution in [0, 0.1) is 0 Å². The number of nitrogens with one attached hydrogen (secondary N) is 1. The van der Waals surface area contributed by atoms with E-state index >= 15 is 0 Å². The topological polar surface area (TPSA) is 76.5 Å². The highest BCUT2D eigenvalue weighted by atomic mass is 16.5. The van der Waals surface area contributed by atoms with Crippen LogP contribution in [0.4, 0.5) is 5.82 Å². The molecule has 2 amide bonds. The van der Waals surface area contributed by atoms with E-state index in [1.807, 2.05) is 44.2 Å². The quantitative estimate of drug-likeness (QED) is 0.913. The molecule has 3 rings (SSSR count). The van der Waals surface area contributed by atoms with Crippen LogP contribution in [0.1, 0.15) is 37.7 Å². The lowest BCUT2D eigenvalue weighted by Crippen LogP contribution is -2.48. The lowest BCUT2D eigenvalue weighted by molar-refractivity contribution is -0.115. The molecule has 2 atom stereocenters. The molecular weight excluding hydrogens is 332 g/mol. The first-order chi connectivity index (χ1) is 12.5. The van der Waals surface area contributed by atoms with Crippen LogP contribution in [0.5, 0.6) is 0 Å². The van der Waals surface area contributed by atoms with Crippen molar-refractivity contribution in [1.82, 2.24) is 14.7 Å². The molecule has 0 radical (unpaired) electrons. The van der Waals surface area contributed by atoms with Gasteiger partial charge in [-0.15, -0.1) is 0 Å². The van der Waals surface area contributed by atoms with Gasteiger partial charge in [-0.05, 0) is 26.0 Å². The third kappa shape index (κ3) is 3.94. The fourth-order valence-corrected chi connectivity index (χ4v) is 3.08. The molecule has 7 nitrogen and oxygen atoms in total. The van der Waals surface area contributed by atoms with Gasteiger partial charge in [-0.2, -0.15) is 5.10 Å². The lowest BCUT2D eigenvalue weighted by Gasteiger charge is -2.34. The molecule has 138 valence electrons. The predicted octanol–water partition coefficient (Wildman–Crippen LogP) is 2.47. The average molecular weight is 356 g/mol. The minimum Gasteiger partial charge on any atom is -0.372 e. The summed E-state index contributed by atoms with van der Waals surface area (Å²) < 4.78 is 7.28. The minimum atomic E-state index is -0.159. The molecule has 7 heteroatoms. The second-order valence-electron chi connectivity index (χ2n) is 6.53. The van der Waals surface area contributed by atoms with E-state index in [4.69, 9.17) is 4.74 Å². The second kappa shape index (κ2) is 7.70. The molecule has 2 heterocycles. The first kappa shape index (κ1) is 18.1. The number of morpholine rings is 1. The van der Waals surface area contributed by atoms with Crippen molar-refractivity contribution in [2.24, 2.45) is 0 Å². The summed E-state index contributed by atoms with van der Waals surface area (Å²) in [4.78, 5) is 26.5. The largest absolute Gasteiger partial charge is 0.372 e. The number of aromatic nitrogens is 2. The molecule has 1 saturated heterocycles. The van der Waals surface area contributed by atoms with Crippen LogP contribution < -0.4 is 5.32 Å². The number of carbonyl (C=O) groups is 2. The van der Waals surface area contributed by atoms with E-state index in [9.17, 15) is 9.59 Å². The smallest absolute Gasteiger partial charge is 0.274 e. The van der Waals surface area contributed by atoms with Crippen molar-refractivity contribution in [3.05, 3.63) is 42.1 Å². The molecule has 2 aromatic rings. The van der Waals surface area contributed by atoms with Crippen LogP contribution in [0.25, 0.3) is 5.69 Å². The summed E-state index contributed by atoms with van der Waals surface area (Å²) in [6.07, 6.45) is 0.318. The zero-order valence-corrected chi connectivity index (χ0v) is 15.3. The molecular formula is C19H24N4O3. The van der Waals surface area contributed by atoms with Crippen LogP contribution >= 0.6 is 0 Å². The van der Waals surface area contributed by atoms with Gasteiger partial charge >= 0.3 is 0 Å². The van der Waals surface area contributed by atoms with Crippen LogP contribution in [0.2, 0.25) is 0 Å². The molecule has 1 fully saturated rings. The molecule has 26 heavy (non-hydrogen) atoms. The summed E-state index contributed by atoms with van der Waals surface area (Å²) in [5.41, 5.74) is 1.09. The Balaban J connectivity index is 1.92. The van der Waals surface area contributed by atoms with Gasteiger partial charge < -0.3 is 15.0 Å². The van der Waals surface area contributed by atoms with E-state index in [1.54, 1.807) is 22.6 Å². The molecule has 2 unspecified atom stereocenters. The summed E-state index contributed by atoms with van der Waals surface area (Å²) >= 11 is 0. The standard InChI is InChI=1S/C19H24N4O3/c1-4-18(24)20-17-10-16(21-23(17)15-8-6-5-7-9-15)19(25)22-11-13(2)26-14(3)12-22/h5-10,13-14H,4,11-12H2,1-3H3,(H,20,24). The zero-order chi connectivity index (χ0) is 18.7. The van der Waals surface area contributed by atoms with Crippen molar-refractivity contribution >= 4 is 17.6 Å². The third-order valence-corrected chi connectivity index (χ3v) is 4.22. The van der Waals surface area contributed by atoms with Crippen molar-refractivity contribution in [3.8, 4) is 5.69 Å². The number of hydrogen-bond donors (Lipinski definition) is 1. The van der Waals surface area contributed by atoms with Gasteiger partial charge in [0.2, 0.25) is 5.91 Å². The number of hydrogen-bond acceptors (Lipinski definition) is 4. The van der Waals surface area contributed by atoms with Gasteiger partial charge in [-0.1, -0.05) is 25.1 Å². The Morgan fingerprint density at radius 3 is 2.46 bits per heavy atom. The van der Waals surface area contributed by atoms with Gasteiger partial charge in [0.15, 0.2) is 5.69 Å². The fraction of sp³-hybridized carbons (Fsp3) is 0.421. The van der Waals surface area contributed by atoms with Crippen LogP contribution in [-0.2, 0) is 9.53 Å². The first-order valence-electron chi connectivity index (χ1n) is 8.88. The van der Waals surface area contributed by atoms with Gasteiger partial charge in [0, 0.05) is 25.6 Å². The molecule has 1 N–H and O–H groups in total.